The first-order chi connectivity index (χ1) is 24.1. The molecule has 1 N–H and O–H groups in total. The van der Waals surface area contributed by atoms with Crippen molar-refractivity contribution < 1.29 is 17.9 Å². The molecular weight excluding hydrogens is 665 g/mol. The van der Waals surface area contributed by atoms with Crippen LogP contribution in [0.4, 0.5) is 0 Å². The highest BCUT2D eigenvalue weighted by Crippen LogP contribution is 2.76. The molecule has 5 fully saturated rings. The minimum absolute atomic E-state index is 0.0625. The topological polar surface area (TPSA) is 75.7 Å². The molecule has 1 aliphatic heterocycles. The summed E-state index contributed by atoms with van der Waals surface area (Å²) in [6.45, 7) is 28.5. The van der Waals surface area contributed by atoms with Crippen LogP contribution in [0.15, 0.2) is 23.8 Å². The molecule has 0 bridgehead atoms. The van der Waals surface area contributed by atoms with Gasteiger partial charge in [0.2, 0.25) is 0 Å². The zero-order chi connectivity index (χ0) is 38.1. The Hall–Kier alpha value is -1.18. The summed E-state index contributed by atoms with van der Waals surface area (Å²) in [4.78, 5) is 14.6. The fourth-order valence-electron chi connectivity index (χ4n) is 14.6. The van der Waals surface area contributed by atoms with Crippen molar-refractivity contribution in [1.82, 2.24) is 10.2 Å². The molecule has 1 heterocycles. The lowest BCUT2D eigenvalue weighted by Gasteiger charge is -2.72. The van der Waals surface area contributed by atoms with Gasteiger partial charge in [-0.2, -0.15) is 0 Å². The van der Waals surface area contributed by atoms with Gasteiger partial charge in [0.15, 0.2) is 0 Å². The Morgan fingerprint density at radius 2 is 1.65 bits per heavy atom. The number of esters is 1. The molecule has 296 valence electrons. The third kappa shape index (κ3) is 6.83. The molecule has 0 unspecified atom stereocenters. The van der Waals surface area contributed by atoms with Crippen LogP contribution in [0.25, 0.3) is 0 Å². The summed E-state index contributed by atoms with van der Waals surface area (Å²) in [6.07, 6.45) is 19.8. The first kappa shape index (κ1) is 40.5. The number of fused-ring (bicyclic) bond motifs is 7. The maximum absolute atomic E-state index is 12.1. The summed E-state index contributed by atoms with van der Waals surface area (Å²) in [5.74, 6) is 3.26. The maximum atomic E-state index is 12.1. The van der Waals surface area contributed by atoms with Crippen LogP contribution in [-0.4, -0.2) is 69.6 Å². The number of nitrogens with one attached hydrogen (secondary N) is 1. The normalized spacial score (nSPS) is 40.9. The number of hydrogen-bond acceptors (Lipinski definition) is 6. The summed E-state index contributed by atoms with van der Waals surface area (Å²) in [7, 11) is -1.44. The first-order valence-corrected chi connectivity index (χ1v) is 23.2. The lowest BCUT2D eigenvalue weighted by molar-refractivity contribution is -0.221. The smallest absolute Gasteiger partial charge is 0.306 e. The Bertz CT molecular complexity index is 1510. The molecule has 4 saturated carbocycles. The number of likely N-dealkylation sites (tertiary alicyclic amines) is 1. The van der Waals surface area contributed by atoms with Crippen molar-refractivity contribution in [2.45, 2.75) is 156 Å². The van der Waals surface area contributed by atoms with E-state index in [9.17, 15) is 13.2 Å². The molecule has 0 amide bonds. The molecule has 0 aromatic carbocycles. The van der Waals surface area contributed by atoms with Crippen LogP contribution in [0.5, 0.6) is 0 Å². The molecule has 5 aliphatic carbocycles. The first-order valence-electron chi connectivity index (χ1n) is 21.2. The van der Waals surface area contributed by atoms with Crippen molar-refractivity contribution in [2.24, 2.45) is 56.7 Å². The highest BCUT2D eigenvalue weighted by molar-refractivity contribution is 7.91. The number of nitrogens with zero attached hydrogens (tertiary/aromatic N) is 1. The molecule has 0 spiro atoms. The van der Waals surface area contributed by atoms with E-state index >= 15 is 0 Å². The van der Waals surface area contributed by atoms with E-state index in [-0.39, 0.29) is 27.6 Å². The van der Waals surface area contributed by atoms with Crippen LogP contribution in [0.3, 0.4) is 0 Å². The van der Waals surface area contributed by atoms with Crippen molar-refractivity contribution in [3.63, 3.8) is 0 Å². The van der Waals surface area contributed by atoms with Crippen molar-refractivity contribution >= 4 is 15.8 Å². The zero-order valence-electron chi connectivity index (χ0n) is 35.0. The lowest BCUT2D eigenvalue weighted by atomic mass is 9.33. The molecular formula is C45H76N2O4S. The Labute approximate surface area is 319 Å². The molecule has 0 aromatic rings. The quantitative estimate of drug-likeness (QED) is 0.168. The Balaban J connectivity index is 1.19. The van der Waals surface area contributed by atoms with Gasteiger partial charge in [0, 0.05) is 24.9 Å². The number of allylic oxidation sites excluding steroid dienone is 3. The number of ether oxygens (including phenoxy) is 1. The van der Waals surface area contributed by atoms with Gasteiger partial charge in [-0.25, -0.2) is 8.42 Å². The summed E-state index contributed by atoms with van der Waals surface area (Å²) < 4.78 is 29.3. The summed E-state index contributed by atoms with van der Waals surface area (Å²) in [5, 5.41) is 4.11. The molecule has 6 rings (SSSR count). The van der Waals surface area contributed by atoms with Gasteiger partial charge in [-0.05, 0) is 160 Å². The zero-order valence-corrected chi connectivity index (χ0v) is 35.8. The highest BCUT2D eigenvalue weighted by Gasteiger charge is 2.70. The second-order valence-electron chi connectivity index (χ2n) is 21.2. The van der Waals surface area contributed by atoms with Crippen molar-refractivity contribution in [1.29, 1.82) is 0 Å². The minimum Gasteiger partial charge on any atom is -0.469 e. The van der Waals surface area contributed by atoms with Crippen LogP contribution in [0.2, 0.25) is 0 Å². The summed E-state index contributed by atoms with van der Waals surface area (Å²) >= 11 is 0. The number of carbonyl (C=O) groups is 1. The summed E-state index contributed by atoms with van der Waals surface area (Å²) in [6, 6.07) is 0. The fourth-order valence-corrected chi connectivity index (χ4v) is 15.7. The number of methoxy groups -OCH3 is 1. The fraction of sp³-hybridized carbons (Fsp3) is 0.889. The van der Waals surface area contributed by atoms with E-state index in [1.165, 1.54) is 76.7 Å². The molecule has 0 aromatic heterocycles. The second-order valence-corrected chi connectivity index (χ2v) is 23.5. The molecule has 0 radical (unpaired) electrons. The van der Waals surface area contributed by atoms with Gasteiger partial charge in [0.05, 0.1) is 18.8 Å². The average Bonchev–Trinajstić information content (AvgIpc) is 3.44. The van der Waals surface area contributed by atoms with Gasteiger partial charge in [-0.15, -0.1) is 0 Å². The van der Waals surface area contributed by atoms with E-state index in [2.05, 4.69) is 78.3 Å². The second kappa shape index (κ2) is 14.1. The van der Waals surface area contributed by atoms with E-state index < -0.39 is 9.84 Å². The summed E-state index contributed by atoms with van der Waals surface area (Å²) in [5.41, 5.74) is 4.25. The molecule has 52 heavy (non-hydrogen) atoms. The van der Waals surface area contributed by atoms with Crippen LogP contribution in [0.1, 0.15) is 145 Å². The predicted molar refractivity (Wildman–Crippen MR) is 215 cm³/mol. The number of hydrogen-bond donors (Lipinski definition) is 1. The molecule has 9 atom stereocenters. The number of sulfone groups is 1. The third-order valence-corrected chi connectivity index (χ3v) is 19.5. The van der Waals surface area contributed by atoms with E-state index in [0.29, 0.717) is 46.3 Å². The van der Waals surface area contributed by atoms with E-state index in [1.54, 1.807) is 5.57 Å². The van der Waals surface area contributed by atoms with Crippen LogP contribution >= 0.6 is 0 Å². The van der Waals surface area contributed by atoms with Gasteiger partial charge in [0.1, 0.15) is 9.84 Å². The van der Waals surface area contributed by atoms with E-state index in [4.69, 9.17) is 4.74 Å². The van der Waals surface area contributed by atoms with Gasteiger partial charge >= 0.3 is 5.97 Å². The van der Waals surface area contributed by atoms with Crippen molar-refractivity contribution in [3.8, 4) is 0 Å². The Kier molecular flexibility index (Phi) is 11.0. The van der Waals surface area contributed by atoms with Gasteiger partial charge in [-0.1, -0.05) is 72.3 Å². The van der Waals surface area contributed by atoms with E-state index in [0.717, 1.165) is 57.8 Å². The van der Waals surface area contributed by atoms with Crippen LogP contribution in [-0.2, 0) is 19.4 Å². The number of piperidine rings is 1. The largest absolute Gasteiger partial charge is 0.469 e. The number of carbonyl (C=O) groups excluding carboxylic acids is 1. The van der Waals surface area contributed by atoms with Gasteiger partial charge in [-0.3, -0.25) is 4.79 Å². The Morgan fingerprint density at radius 1 is 0.962 bits per heavy atom. The SMILES string of the molecule is C=C(C)[C@@H]1CC[C@]2(NCCN3CCC(S(C)(=O)=O)CC3)CC[C@]3(C)[C@H](CC[C@@H]4[C@@]5(C)CC=C(CCC(C)(C)CC(=O)OC)C(C)(C)[C@@H]5CC[C@]43C)[C@@H]12. The lowest BCUT2D eigenvalue weighted by Crippen LogP contribution is -2.68. The van der Waals surface area contributed by atoms with Crippen LogP contribution in [0, 0.1) is 56.7 Å². The van der Waals surface area contributed by atoms with Gasteiger partial charge < -0.3 is 15.0 Å². The van der Waals surface area contributed by atoms with Gasteiger partial charge in [0.25, 0.3) is 0 Å². The van der Waals surface area contributed by atoms with Crippen LogP contribution < -0.4 is 5.32 Å². The highest BCUT2D eigenvalue weighted by atomic mass is 32.2. The molecule has 7 heteroatoms. The Morgan fingerprint density at radius 3 is 2.29 bits per heavy atom. The van der Waals surface area contributed by atoms with Crippen molar-refractivity contribution in [2.75, 3.05) is 39.5 Å². The molecule has 6 aliphatic rings. The molecule has 6 nitrogen and oxygen atoms in total. The average molecular weight is 741 g/mol. The maximum Gasteiger partial charge on any atom is 0.306 e. The van der Waals surface area contributed by atoms with E-state index in [1.807, 2.05) is 0 Å². The third-order valence-electron chi connectivity index (χ3n) is 17.8. The van der Waals surface area contributed by atoms with Crippen molar-refractivity contribution in [3.05, 3.63) is 23.8 Å². The minimum atomic E-state index is -2.94. The number of rotatable bonds is 11. The predicted octanol–water partition coefficient (Wildman–Crippen LogP) is 9.40. The monoisotopic (exact) mass is 741 g/mol. The standard InChI is InChI=1S/C45H76N2O4S/c1-31(2)34-16-23-45(46-26-29-47-27-18-33(19-28-47)52(11,49)50)25-24-43(8)35(39(34)45)12-13-37-42(7)21-15-32(14-20-40(3,4)30-38(48)51-10)41(5,6)36(42)17-22-44(37,43)9/h15,33-37,39,46H,1,12-14,16-30H2,2-11H3/t34-,35+,36-,37+,39+,42-,43+,44+,45-/m0/s1. The molecule has 1 saturated heterocycles.